The van der Waals surface area contributed by atoms with Crippen molar-refractivity contribution in [3.05, 3.63) is 35.9 Å². The van der Waals surface area contributed by atoms with Gasteiger partial charge in [0.25, 0.3) is 0 Å². The average molecular weight is 228 g/mol. The molecule has 4 aliphatic carbocycles. The minimum atomic E-state index is 0.582. The smallest absolute Gasteiger partial charge is 0.0720 e. The molecule has 5 rings (SSSR count). The van der Waals surface area contributed by atoms with Gasteiger partial charge in [-0.05, 0) is 54.9 Å². The molecule has 0 radical (unpaired) electrons. The second-order valence-electron chi connectivity index (χ2n) is 6.25. The Morgan fingerprint density at radius 1 is 0.941 bits per heavy atom. The maximum absolute atomic E-state index is 6.25. The Balaban J connectivity index is 1.44. The van der Waals surface area contributed by atoms with Crippen LogP contribution in [-0.2, 0) is 11.3 Å². The lowest BCUT2D eigenvalue weighted by Gasteiger charge is -2.32. The molecular weight excluding hydrogens is 208 g/mol. The van der Waals surface area contributed by atoms with Crippen LogP contribution in [0.5, 0.6) is 0 Å². The van der Waals surface area contributed by atoms with E-state index in [1.807, 2.05) is 0 Å². The predicted octanol–water partition coefficient (Wildman–Crippen LogP) is 3.64. The normalized spacial score (nSPS) is 42.2. The van der Waals surface area contributed by atoms with E-state index in [4.69, 9.17) is 4.74 Å². The first-order valence-corrected chi connectivity index (χ1v) is 7.05. The molecule has 4 aliphatic rings. The number of ether oxygens (including phenoxy) is 1. The van der Waals surface area contributed by atoms with Gasteiger partial charge in [0.2, 0.25) is 0 Å². The molecule has 0 aromatic heterocycles. The Morgan fingerprint density at radius 2 is 1.76 bits per heavy atom. The quantitative estimate of drug-likeness (QED) is 0.767. The van der Waals surface area contributed by atoms with Gasteiger partial charge in [-0.2, -0.15) is 0 Å². The lowest BCUT2D eigenvalue weighted by atomic mass is 9.80. The van der Waals surface area contributed by atoms with Gasteiger partial charge in [0, 0.05) is 0 Å². The van der Waals surface area contributed by atoms with Crippen LogP contribution in [0.3, 0.4) is 0 Å². The third kappa shape index (κ3) is 1.63. The van der Waals surface area contributed by atoms with Crippen LogP contribution in [0, 0.1) is 23.7 Å². The van der Waals surface area contributed by atoms with Crippen LogP contribution in [0.1, 0.15) is 31.2 Å². The van der Waals surface area contributed by atoms with Crippen molar-refractivity contribution in [2.75, 3.05) is 0 Å². The molecule has 0 N–H and O–H groups in total. The van der Waals surface area contributed by atoms with Crippen molar-refractivity contribution in [1.82, 2.24) is 0 Å². The fourth-order valence-corrected chi connectivity index (χ4v) is 4.70. The van der Waals surface area contributed by atoms with Crippen LogP contribution in [-0.4, -0.2) is 6.10 Å². The van der Waals surface area contributed by atoms with E-state index in [1.54, 1.807) is 0 Å². The molecule has 0 heterocycles. The van der Waals surface area contributed by atoms with Gasteiger partial charge in [-0.25, -0.2) is 0 Å². The molecule has 0 spiro atoms. The topological polar surface area (TPSA) is 9.23 Å². The average Bonchev–Trinajstić information content (AvgIpc) is 2.77. The highest BCUT2D eigenvalue weighted by Crippen LogP contribution is 2.59. The maximum atomic E-state index is 6.25. The fraction of sp³-hybridized carbons (Fsp3) is 0.625. The minimum absolute atomic E-state index is 0.582. The van der Waals surface area contributed by atoms with Crippen molar-refractivity contribution < 1.29 is 4.74 Å². The van der Waals surface area contributed by atoms with Crippen molar-refractivity contribution in [3.8, 4) is 0 Å². The van der Waals surface area contributed by atoms with Crippen molar-refractivity contribution in [2.45, 2.75) is 38.4 Å². The van der Waals surface area contributed by atoms with Gasteiger partial charge in [0.15, 0.2) is 0 Å². The Labute approximate surface area is 103 Å². The molecule has 90 valence electrons. The van der Waals surface area contributed by atoms with E-state index >= 15 is 0 Å². The Kier molecular flexibility index (Phi) is 2.29. The first-order chi connectivity index (χ1) is 8.40. The van der Waals surface area contributed by atoms with E-state index in [1.165, 1.54) is 31.2 Å². The molecule has 1 nitrogen and oxygen atoms in total. The summed E-state index contributed by atoms with van der Waals surface area (Å²) in [5, 5.41) is 0. The molecule has 4 fully saturated rings. The summed E-state index contributed by atoms with van der Waals surface area (Å²) in [6.45, 7) is 0.815. The molecule has 5 atom stereocenters. The van der Waals surface area contributed by atoms with Crippen LogP contribution in [0.25, 0.3) is 0 Å². The van der Waals surface area contributed by atoms with Crippen molar-refractivity contribution >= 4 is 0 Å². The minimum Gasteiger partial charge on any atom is -0.373 e. The molecular formula is C16H20O. The zero-order valence-electron chi connectivity index (χ0n) is 10.2. The zero-order valence-corrected chi connectivity index (χ0v) is 10.2. The molecule has 5 unspecified atom stereocenters. The third-order valence-electron chi connectivity index (χ3n) is 5.26. The van der Waals surface area contributed by atoms with Gasteiger partial charge in [0.05, 0.1) is 12.7 Å². The molecule has 0 amide bonds. The first kappa shape index (κ1) is 10.1. The Hall–Kier alpha value is -0.820. The fourth-order valence-electron chi connectivity index (χ4n) is 4.70. The molecule has 0 saturated heterocycles. The maximum Gasteiger partial charge on any atom is 0.0720 e. The first-order valence-electron chi connectivity index (χ1n) is 7.05. The lowest BCUT2D eigenvalue weighted by Crippen LogP contribution is -2.30. The van der Waals surface area contributed by atoms with Crippen molar-refractivity contribution in [1.29, 1.82) is 0 Å². The third-order valence-corrected chi connectivity index (χ3v) is 5.26. The van der Waals surface area contributed by atoms with E-state index < -0.39 is 0 Å². The van der Waals surface area contributed by atoms with Crippen LogP contribution in [0.4, 0.5) is 0 Å². The van der Waals surface area contributed by atoms with Gasteiger partial charge in [-0.15, -0.1) is 0 Å². The summed E-state index contributed by atoms with van der Waals surface area (Å²) in [4.78, 5) is 0. The van der Waals surface area contributed by atoms with Crippen LogP contribution >= 0.6 is 0 Å². The Bertz CT molecular complexity index is 395. The largest absolute Gasteiger partial charge is 0.373 e. The Morgan fingerprint density at radius 3 is 2.59 bits per heavy atom. The van der Waals surface area contributed by atoms with Crippen LogP contribution in [0.2, 0.25) is 0 Å². The zero-order chi connectivity index (χ0) is 11.2. The van der Waals surface area contributed by atoms with Gasteiger partial charge in [0.1, 0.15) is 0 Å². The highest BCUT2D eigenvalue weighted by molar-refractivity contribution is 5.14. The standard InChI is InChI=1S/C16H20O/c1-2-4-11(5-3-1)10-17-16-14-7-12-6-13(9-14)15(16)8-12/h1-5,12-16H,6-10H2. The van der Waals surface area contributed by atoms with E-state index in [-0.39, 0.29) is 0 Å². The summed E-state index contributed by atoms with van der Waals surface area (Å²) in [7, 11) is 0. The second-order valence-corrected chi connectivity index (χ2v) is 6.25. The van der Waals surface area contributed by atoms with Gasteiger partial charge in [-0.3, -0.25) is 0 Å². The van der Waals surface area contributed by atoms with E-state index in [9.17, 15) is 0 Å². The van der Waals surface area contributed by atoms with E-state index in [0.717, 1.165) is 30.3 Å². The molecule has 1 aromatic rings. The molecule has 1 heteroatoms. The summed E-state index contributed by atoms with van der Waals surface area (Å²) in [6, 6.07) is 10.6. The second kappa shape index (κ2) is 3.84. The van der Waals surface area contributed by atoms with E-state index in [0.29, 0.717) is 6.10 Å². The monoisotopic (exact) mass is 228 g/mol. The molecule has 4 saturated carbocycles. The van der Waals surface area contributed by atoms with E-state index in [2.05, 4.69) is 30.3 Å². The van der Waals surface area contributed by atoms with Gasteiger partial charge >= 0.3 is 0 Å². The summed E-state index contributed by atoms with van der Waals surface area (Å²) in [5.41, 5.74) is 1.32. The summed E-state index contributed by atoms with van der Waals surface area (Å²) in [5.74, 6) is 3.86. The number of rotatable bonds is 3. The SMILES string of the molecule is c1ccc(COC2C3CC4CC(C3)C2C4)cc1. The highest BCUT2D eigenvalue weighted by atomic mass is 16.5. The number of hydrogen-bond acceptors (Lipinski definition) is 1. The molecule has 17 heavy (non-hydrogen) atoms. The number of hydrogen-bond donors (Lipinski definition) is 0. The van der Waals surface area contributed by atoms with Crippen molar-refractivity contribution in [3.63, 3.8) is 0 Å². The lowest BCUT2D eigenvalue weighted by molar-refractivity contribution is -0.0324. The summed E-state index contributed by atoms with van der Waals surface area (Å²) in [6.07, 6.45) is 6.46. The summed E-state index contributed by atoms with van der Waals surface area (Å²) >= 11 is 0. The van der Waals surface area contributed by atoms with Crippen molar-refractivity contribution in [2.24, 2.45) is 23.7 Å². The van der Waals surface area contributed by atoms with Crippen LogP contribution in [0.15, 0.2) is 30.3 Å². The van der Waals surface area contributed by atoms with Gasteiger partial charge < -0.3 is 4.74 Å². The molecule has 1 aromatic carbocycles. The van der Waals surface area contributed by atoms with Crippen LogP contribution < -0.4 is 0 Å². The predicted molar refractivity (Wildman–Crippen MR) is 67.4 cm³/mol. The number of benzene rings is 1. The molecule has 4 bridgehead atoms. The van der Waals surface area contributed by atoms with Gasteiger partial charge in [-0.1, -0.05) is 30.3 Å². The highest BCUT2D eigenvalue weighted by Gasteiger charge is 2.54. The molecule has 0 aliphatic heterocycles. The summed E-state index contributed by atoms with van der Waals surface area (Å²) < 4.78 is 6.25.